The van der Waals surface area contributed by atoms with E-state index in [2.05, 4.69) is 0 Å². The van der Waals surface area contributed by atoms with Crippen molar-refractivity contribution < 1.29 is 18.4 Å². The summed E-state index contributed by atoms with van der Waals surface area (Å²) in [5.41, 5.74) is -0.618. The van der Waals surface area contributed by atoms with E-state index in [1.54, 1.807) is 13.8 Å². The van der Waals surface area contributed by atoms with Crippen LogP contribution in [-0.2, 0) is 9.59 Å². The quantitative estimate of drug-likeness (QED) is 0.646. The zero-order valence-corrected chi connectivity index (χ0v) is 8.35. The van der Waals surface area contributed by atoms with Gasteiger partial charge in [-0.1, -0.05) is 20.3 Å². The summed E-state index contributed by atoms with van der Waals surface area (Å²) in [6.07, 6.45) is -1.38. The molecule has 1 aliphatic rings. The van der Waals surface area contributed by atoms with E-state index in [-0.39, 0.29) is 12.2 Å². The third-order valence-electron chi connectivity index (χ3n) is 2.84. The molecule has 1 rings (SSSR count). The minimum atomic E-state index is -3.02. The third-order valence-corrected chi connectivity index (χ3v) is 2.84. The standard InChI is InChI=1S/C10H14F2O2/c1-10(2)5-3-4-6(8(10)14)7(13)9(11)12/h6,9H,3-5H2,1-2H3. The molecule has 0 heterocycles. The van der Waals surface area contributed by atoms with Gasteiger partial charge in [0.2, 0.25) is 5.78 Å². The van der Waals surface area contributed by atoms with Crippen molar-refractivity contribution in [2.75, 3.05) is 0 Å². The first kappa shape index (κ1) is 11.3. The van der Waals surface area contributed by atoms with Crippen LogP contribution in [0.25, 0.3) is 0 Å². The molecular weight excluding hydrogens is 190 g/mol. The van der Waals surface area contributed by atoms with Crippen molar-refractivity contribution in [3.63, 3.8) is 0 Å². The third kappa shape index (κ3) is 1.99. The normalized spacial score (nSPS) is 26.6. The maximum absolute atomic E-state index is 12.1. The van der Waals surface area contributed by atoms with E-state index >= 15 is 0 Å². The largest absolute Gasteiger partial charge is 0.298 e. The smallest absolute Gasteiger partial charge is 0.296 e. The topological polar surface area (TPSA) is 34.1 Å². The second-order valence-corrected chi connectivity index (χ2v) is 4.40. The fourth-order valence-electron chi connectivity index (χ4n) is 1.90. The number of ketones is 2. The van der Waals surface area contributed by atoms with E-state index in [1.807, 2.05) is 0 Å². The highest BCUT2D eigenvalue weighted by Crippen LogP contribution is 2.36. The Kier molecular flexibility index (Phi) is 3.02. The highest BCUT2D eigenvalue weighted by Gasteiger charge is 2.42. The second-order valence-electron chi connectivity index (χ2n) is 4.40. The maximum Gasteiger partial charge on any atom is 0.296 e. The summed E-state index contributed by atoms with van der Waals surface area (Å²) in [7, 11) is 0. The molecule has 0 radical (unpaired) electrons. The predicted molar refractivity (Wildman–Crippen MR) is 47.1 cm³/mol. The summed E-state index contributed by atoms with van der Waals surface area (Å²) in [4.78, 5) is 22.7. The Morgan fingerprint density at radius 1 is 1.50 bits per heavy atom. The number of rotatable bonds is 2. The first-order valence-corrected chi connectivity index (χ1v) is 4.72. The van der Waals surface area contributed by atoms with Crippen LogP contribution in [0.3, 0.4) is 0 Å². The van der Waals surface area contributed by atoms with Crippen LogP contribution in [0.4, 0.5) is 8.78 Å². The monoisotopic (exact) mass is 204 g/mol. The van der Waals surface area contributed by atoms with Gasteiger partial charge in [-0.2, -0.15) is 0 Å². The van der Waals surface area contributed by atoms with Gasteiger partial charge in [0, 0.05) is 5.41 Å². The summed E-state index contributed by atoms with van der Waals surface area (Å²) < 4.78 is 24.3. The molecule has 1 unspecified atom stereocenters. The molecule has 0 aliphatic heterocycles. The Morgan fingerprint density at radius 3 is 2.57 bits per heavy atom. The molecule has 0 aromatic heterocycles. The number of carbonyl (C=O) groups is 2. The number of hydrogen-bond acceptors (Lipinski definition) is 2. The lowest BCUT2D eigenvalue weighted by molar-refractivity contribution is -0.146. The molecule has 0 spiro atoms. The number of hydrogen-bond donors (Lipinski definition) is 0. The van der Waals surface area contributed by atoms with Gasteiger partial charge in [-0.25, -0.2) is 8.78 Å². The summed E-state index contributed by atoms with van der Waals surface area (Å²) in [5.74, 6) is -2.60. The van der Waals surface area contributed by atoms with Gasteiger partial charge in [0.15, 0.2) is 0 Å². The van der Waals surface area contributed by atoms with Crippen LogP contribution < -0.4 is 0 Å². The Labute approximate surface area is 81.7 Å². The first-order valence-electron chi connectivity index (χ1n) is 4.72. The van der Waals surface area contributed by atoms with Crippen molar-refractivity contribution in [1.29, 1.82) is 0 Å². The van der Waals surface area contributed by atoms with Gasteiger partial charge in [-0.05, 0) is 12.8 Å². The van der Waals surface area contributed by atoms with Gasteiger partial charge in [-0.15, -0.1) is 0 Å². The second kappa shape index (κ2) is 3.75. The summed E-state index contributed by atoms with van der Waals surface area (Å²) >= 11 is 0. The van der Waals surface area contributed by atoms with Crippen LogP contribution in [0, 0.1) is 11.3 Å². The molecule has 0 saturated heterocycles. The highest BCUT2D eigenvalue weighted by molar-refractivity contribution is 6.06. The Balaban J connectivity index is 2.81. The Hall–Kier alpha value is -0.800. The fourth-order valence-corrected chi connectivity index (χ4v) is 1.90. The first-order chi connectivity index (χ1) is 6.36. The highest BCUT2D eigenvalue weighted by atomic mass is 19.3. The molecule has 14 heavy (non-hydrogen) atoms. The lowest BCUT2D eigenvalue weighted by atomic mass is 9.70. The molecule has 0 N–H and O–H groups in total. The zero-order chi connectivity index (χ0) is 10.9. The van der Waals surface area contributed by atoms with E-state index in [9.17, 15) is 18.4 Å². The molecule has 80 valence electrons. The molecular formula is C10H14F2O2. The van der Waals surface area contributed by atoms with Gasteiger partial charge in [0.05, 0.1) is 5.92 Å². The van der Waals surface area contributed by atoms with Crippen molar-refractivity contribution in [1.82, 2.24) is 0 Å². The zero-order valence-electron chi connectivity index (χ0n) is 8.35. The average molecular weight is 204 g/mol. The van der Waals surface area contributed by atoms with E-state index in [0.29, 0.717) is 12.8 Å². The van der Waals surface area contributed by atoms with Gasteiger partial charge < -0.3 is 0 Å². The van der Waals surface area contributed by atoms with Gasteiger partial charge >= 0.3 is 0 Å². The molecule has 1 aliphatic carbocycles. The van der Waals surface area contributed by atoms with Gasteiger partial charge in [0.1, 0.15) is 5.78 Å². The van der Waals surface area contributed by atoms with E-state index in [1.165, 1.54) is 0 Å². The Bertz CT molecular complexity index is 259. The van der Waals surface area contributed by atoms with Crippen molar-refractivity contribution in [2.45, 2.75) is 39.5 Å². The average Bonchev–Trinajstić information content (AvgIpc) is 2.08. The molecule has 0 aromatic rings. The maximum atomic E-state index is 12.1. The number of Topliss-reactive ketones (excluding diaryl/α,β-unsaturated/α-hetero) is 2. The van der Waals surface area contributed by atoms with Crippen LogP contribution in [0.1, 0.15) is 33.1 Å². The SMILES string of the molecule is CC1(C)CCCC(C(=O)C(F)F)C1=O. The number of carbonyl (C=O) groups excluding carboxylic acids is 2. The van der Waals surface area contributed by atoms with Crippen molar-refractivity contribution in [3.8, 4) is 0 Å². The Morgan fingerprint density at radius 2 is 2.07 bits per heavy atom. The van der Waals surface area contributed by atoms with Crippen LogP contribution in [-0.4, -0.2) is 18.0 Å². The summed E-state index contributed by atoms with van der Waals surface area (Å²) in [6.45, 7) is 3.42. The van der Waals surface area contributed by atoms with E-state index in [0.717, 1.165) is 0 Å². The number of alkyl halides is 2. The molecule has 2 nitrogen and oxygen atoms in total. The van der Waals surface area contributed by atoms with E-state index in [4.69, 9.17) is 0 Å². The van der Waals surface area contributed by atoms with Gasteiger partial charge in [-0.3, -0.25) is 9.59 Å². The lowest BCUT2D eigenvalue weighted by Gasteiger charge is -2.32. The molecule has 0 amide bonds. The lowest BCUT2D eigenvalue weighted by Crippen LogP contribution is -2.41. The molecule has 4 heteroatoms. The molecule has 1 fully saturated rings. The molecule has 0 aromatic carbocycles. The van der Waals surface area contributed by atoms with Crippen LogP contribution in [0.2, 0.25) is 0 Å². The summed E-state index contributed by atoms with van der Waals surface area (Å²) in [5, 5.41) is 0. The number of halogens is 2. The van der Waals surface area contributed by atoms with E-state index < -0.39 is 23.5 Å². The van der Waals surface area contributed by atoms with Crippen molar-refractivity contribution in [2.24, 2.45) is 11.3 Å². The molecule has 0 bridgehead atoms. The van der Waals surface area contributed by atoms with Crippen LogP contribution in [0.15, 0.2) is 0 Å². The predicted octanol–water partition coefficient (Wildman–Crippen LogP) is 2.22. The van der Waals surface area contributed by atoms with Crippen molar-refractivity contribution >= 4 is 11.6 Å². The minimum absolute atomic E-state index is 0.283. The minimum Gasteiger partial charge on any atom is -0.298 e. The molecule has 1 atom stereocenters. The van der Waals surface area contributed by atoms with Crippen LogP contribution >= 0.6 is 0 Å². The summed E-state index contributed by atoms with van der Waals surface area (Å²) in [6, 6.07) is 0. The molecule has 1 saturated carbocycles. The fraction of sp³-hybridized carbons (Fsp3) is 0.800. The van der Waals surface area contributed by atoms with Crippen molar-refractivity contribution in [3.05, 3.63) is 0 Å². The van der Waals surface area contributed by atoms with Gasteiger partial charge in [0.25, 0.3) is 6.43 Å². The van der Waals surface area contributed by atoms with Crippen LogP contribution in [0.5, 0.6) is 0 Å².